The second kappa shape index (κ2) is 6.38. The Labute approximate surface area is 130 Å². The zero-order chi connectivity index (χ0) is 15.5. The van der Waals surface area contributed by atoms with E-state index in [9.17, 15) is 9.59 Å². The number of nitrogens with one attached hydrogen (secondary N) is 1. The summed E-state index contributed by atoms with van der Waals surface area (Å²) in [5.41, 5.74) is 6.29. The highest BCUT2D eigenvalue weighted by molar-refractivity contribution is 5.96. The van der Waals surface area contributed by atoms with Crippen molar-refractivity contribution in [2.45, 2.75) is 32.1 Å². The first-order valence-corrected chi connectivity index (χ1v) is 8.09. The number of urea groups is 1. The summed E-state index contributed by atoms with van der Waals surface area (Å²) < 4.78 is 0. The third-order valence-electron chi connectivity index (χ3n) is 4.96. The van der Waals surface area contributed by atoms with Crippen LogP contribution < -0.4 is 11.1 Å². The third-order valence-corrected chi connectivity index (χ3v) is 4.96. The molecule has 5 nitrogen and oxygen atoms in total. The second-order valence-corrected chi connectivity index (χ2v) is 6.41. The normalized spacial score (nSPS) is 24.5. The first-order chi connectivity index (χ1) is 10.6. The summed E-state index contributed by atoms with van der Waals surface area (Å²) >= 11 is 0. The van der Waals surface area contributed by atoms with Gasteiger partial charge in [0.15, 0.2) is 0 Å². The van der Waals surface area contributed by atoms with Crippen LogP contribution in [0.3, 0.4) is 0 Å². The number of rotatable bonds is 2. The average Bonchev–Trinajstić information content (AvgIpc) is 2.53. The Hall–Kier alpha value is -2.04. The Morgan fingerprint density at radius 1 is 1.14 bits per heavy atom. The van der Waals surface area contributed by atoms with E-state index in [2.05, 4.69) is 5.32 Å². The highest BCUT2D eigenvalue weighted by atomic mass is 16.2. The van der Waals surface area contributed by atoms with Gasteiger partial charge in [0, 0.05) is 24.3 Å². The van der Waals surface area contributed by atoms with Crippen molar-refractivity contribution in [2.24, 2.45) is 17.6 Å². The fourth-order valence-corrected chi connectivity index (χ4v) is 3.84. The molecule has 1 saturated carbocycles. The van der Waals surface area contributed by atoms with Gasteiger partial charge in [-0.1, -0.05) is 25.3 Å². The van der Waals surface area contributed by atoms with Gasteiger partial charge in [0.1, 0.15) is 0 Å². The number of hydrogen-bond donors (Lipinski definition) is 2. The van der Waals surface area contributed by atoms with Crippen LogP contribution in [-0.2, 0) is 0 Å². The Balaban J connectivity index is 1.69. The second-order valence-electron chi connectivity index (χ2n) is 6.41. The minimum atomic E-state index is -0.618. The van der Waals surface area contributed by atoms with Crippen molar-refractivity contribution in [2.75, 3.05) is 18.4 Å². The first-order valence-electron chi connectivity index (χ1n) is 8.09. The Morgan fingerprint density at radius 2 is 1.91 bits per heavy atom. The van der Waals surface area contributed by atoms with Crippen molar-refractivity contribution in [3.63, 3.8) is 0 Å². The summed E-state index contributed by atoms with van der Waals surface area (Å²) in [6, 6.07) is 6.37. The number of carbonyl (C=O) groups excluding carboxylic acids is 2. The summed E-state index contributed by atoms with van der Waals surface area (Å²) in [7, 11) is 0. The number of benzene rings is 1. The summed E-state index contributed by atoms with van der Waals surface area (Å²) in [5.74, 6) is 1.52. The highest BCUT2D eigenvalue weighted by Gasteiger charge is 2.33. The fourth-order valence-electron chi connectivity index (χ4n) is 3.84. The van der Waals surface area contributed by atoms with E-state index in [-0.39, 0.29) is 5.91 Å². The van der Waals surface area contributed by atoms with Crippen LogP contribution in [-0.4, -0.2) is 29.9 Å². The molecule has 0 bridgehead atoms. The predicted octanol–water partition coefficient (Wildman–Crippen LogP) is 2.83. The lowest BCUT2D eigenvalue weighted by Gasteiger charge is -2.41. The number of piperidine rings is 1. The minimum absolute atomic E-state index is 0.0529. The molecular formula is C17H23N3O2. The number of hydrogen-bond acceptors (Lipinski definition) is 2. The average molecular weight is 301 g/mol. The summed E-state index contributed by atoms with van der Waals surface area (Å²) in [6.07, 6.45) is 6.33. The lowest BCUT2D eigenvalue weighted by Crippen LogP contribution is -2.44. The summed E-state index contributed by atoms with van der Waals surface area (Å²) in [6.45, 7) is 1.71. The van der Waals surface area contributed by atoms with E-state index in [0.717, 1.165) is 25.4 Å². The van der Waals surface area contributed by atoms with Gasteiger partial charge in [-0.05, 0) is 42.9 Å². The van der Waals surface area contributed by atoms with Crippen LogP contribution in [0.5, 0.6) is 0 Å². The van der Waals surface area contributed by atoms with Crippen LogP contribution in [0.2, 0.25) is 0 Å². The van der Waals surface area contributed by atoms with Crippen molar-refractivity contribution in [1.82, 2.24) is 4.90 Å². The van der Waals surface area contributed by atoms with Gasteiger partial charge in [-0.15, -0.1) is 0 Å². The molecule has 3 amide bonds. The van der Waals surface area contributed by atoms with E-state index in [1.165, 1.54) is 25.7 Å². The number of carbonyl (C=O) groups is 2. The van der Waals surface area contributed by atoms with Gasteiger partial charge in [-0.25, -0.2) is 4.79 Å². The van der Waals surface area contributed by atoms with Crippen LogP contribution in [0, 0.1) is 11.8 Å². The molecule has 0 aromatic heterocycles. The number of nitrogens with zero attached hydrogens (tertiary/aromatic N) is 1. The lowest BCUT2D eigenvalue weighted by atomic mass is 9.75. The van der Waals surface area contributed by atoms with Crippen molar-refractivity contribution < 1.29 is 9.59 Å². The van der Waals surface area contributed by atoms with Crippen LogP contribution in [0.15, 0.2) is 24.3 Å². The molecule has 2 atom stereocenters. The Morgan fingerprint density at radius 3 is 2.68 bits per heavy atom. The molecule has 1 aliphatic carbocycles. The summed E-state index contributed by atoms with van der Waals surface area (Å²) in [5, 5.41) is 2.52. The van der Waals surface area contributed by atoms with E-state index in [0.29, 0.717) is 17.2 Å². The zero-order valence-electron chi connectivity index (χ0n) is 12.8. The molecule has 3 N–H and O–H groups in total. The van der Waals surface area contributed by atoms with Crippen molar-refractivity contribution >= 4 is 17.6 Å². The molecule has 2 fully saturated rings. The van der Waals surface area contributed by atoms with Gasteiger partial charge in [0.2, 0.25) is 0 Å². The minimum Gasteiger partial charge on any atom is -0.351 e. The quantitative estimate of drug-likeness (QED) is 0.881. The molecule has 0 radical (unpaired) electrons. The van der Waals surface area contributed by atoms with E-state index in [1.807, 2.05) is 4.90 Å². The van der Waals surface area contributed by atoms with Crippen LogP contribution in [0.25, 0.3) is 0 Å². The van der Waals surface area contributed by atoms with Gasteiger partial charge >= 0.3 is 6.03 Å². The number of primary amides is 1. The molecule has 118 valence electrons. The lowest BCUT2D eigenvalue weighted by molar-refractivity contribution is 0.0521. The molecule has 1 heterocycles. The van der Waals surface area contributed by atoms with Crippen molar-refractivity contribution in [3.05, 3.63) is 29.8 Å². The van der Waals surface area contributed by atoms with Gasteiger partial charge in [0.05, 0.1) is 0 Å². The molecule has 0 unspecified atom stereocenters. The van der Waals surface area contributed by atoms with Gasteiger partial charge in [0.25, 0.3) is 5.91 Å². The van der Waals surface area contributed by atoms with E-state index in [1.54, 1.807) is 24.3 Å². The van der Waals surface area contributed by atoms with Crippen molar-refractivity contribution in [1.29, 1.82) is 0 Å². The Bertz CT molecular complexity index is 573. The molecule has 1 saturated heterocycles. The van der Waals surface area contributed by atoms with Gasteiger partial charge in [-0.3, -0.25) is 4.79 Å². The first kappa shape index (κ1) is 14.9. The van der Waals surface area contributed by atoms with Crippen LogP contribution >= 0.6 is 0 Å². The van der Waals surface area contributed by atoms with Gasteiger partial charge in [-0.2, -0.15) is 0 Å². The number of amides is 3. The van der Waals surface area contributed by atoms with E-state index < -0.39 is 6.03 Å². The maximum atomic E-state index is 12.7. The smallest absolute Gasteiger partial charge is 0.316 e. The van der Waals surface area contributed by atoms with Crippen LogP contribution in [0.1, 0.15) is 42.5 Å². The third kappa shape index (κ3) is 3.24. The molecule has 22 heavy (non-hydrogen) atoms. The maximum Gasteiger partial charge on any atom is 0.316 e. The standard InChI is InChI=1S/C17H23N3O2/c18-17(22)19-15-7-3-6-13(10-15)16(21)20-9-8-12-4-1-2-5-14(12)11-20/h3,6-7,10,12,14H,1-2,4-5,8-9,11H2,(H3,18,19,22)/t12-,14+/m0/s1. The monoisotopic (exact) mass is 301 g/mol. The SMILES string of the molecule is NC(=O)Nc1cccc(C(=O)N2CC[C@@H]3CCCC[C@@H]3C2)c1. The van der Waals surface area contributed by atoms with Crippen LogP contribution in [0.4, 0.5) is 10.5 Å². The molecule has 0 spiro atoms. The summed E-state index contributed by atoms with van der Waals surface area (Å²) in [4.78, 5) is 25.6. The largest absolute Gasteiger partial charge is 0.351 e. The number of fused-ring (bicyclic) bond motifs is 1. The predicted molar refractivity (Wildman–Crippen MR) is 85.6 cm³/mol. The molecule has 3 rings (SSSR count). The van der Waals surface area contributed by atoms with E-state index >= 15 is 0 Å². The molecular weight excluding hydrogens is 278 g/mol. The number of likely N-dealkylation sites (tertiary alicyclic amines) is 1. The zero-order valence-corrected chi connectivity index (χ0v) is 12.8. The molecule has 2 aliphatic rings. The maximum absolute atomic E-state index is 12.7. The molecule has 1 aromatic rings. The number of nitrogens with two attached hydrogens (primary N) is 1. The topological polar surface area (TPSA) is 75.4 Å². The Kier molecular flexibility index (Phi) is 4.32. The number of anilines is 1. The highest BCUT2D eigenvalue weighted by Crippen LogP contribution is 2.36. The molecule has 1 aliphatic heterocycles. The van der Waals surface area contributed by atoms with Gasteiger partial charge < -0.3 is 16.0 Å². The molecule has 1 aromatic carbocycles. The van der Waals surface area contributed by atoms with E-state index in [4.69, 9.17) is 5.73 Å². The fraction of sp³-hybridized carbons (Fsp3) is 0.529. The molecule has 5 heteroatoms. The van der Waals surface area contributed by atoms with Crippen molar-refractivity contribution in [3.8, 4) is 0 Å².